The van der Waals surface area contributed by atoms with Gasteiger partial charge < -0.3 is 10.6 Å². The lowest BCUT2D eigenvalue weighted by Crippen LogP contribution is -2.53. The van der Waals surface area contributed by atoms with Gasteiger partial charge in [-0.2, -0.15) is 0 Å². The summed E-state index contributed by atoms with van der Waals surface area (Å²) in [6.07, 6.45) is -0.285. The van der Waals surface area contributed by atoms with Crippen LogP contribution >= 0.6 is 7.37 Å². The van der Waals surface area contributed by atoms with Crippen LogP contribution in [0.4, 0.5) is 0 Å². The number of unbranched alkanes of at least 4 members (excludes halogenated alkanes) is 1. The molecule has 13 heteroatoms. The first kappa shape index (κ1) is 38.7. The van der Waals surface area contributed by atoms with Crippen LogP contribution in [-0.4, -0.2) is 86.6 Å². The number of amides is 6. The van der Waals surface area contributed by atoms with E-state index < -0.39 is 72.1 Å². The minimum atomic E-state index is -4.62. The standard InChI is InChI=1S/C39H47N4O8P/c1-23(2)21-29(33(44)41(6)38(49)32(40)39(3,4)5)30(19-9-10-20-42-34(45)25-15-7-8-16-26(25)35(42)46)52(50,51)22-43-36(47)27-17-11-13-24-14-12-18-28(31(24)27)37(43)48/h7-8,11-18,23,29-30,32H,9-10,19-22,40H2,1-6H3,(H,50,51)/t29?,30?,32-/m1/s1. The molecule has 12 nitrogen and oxygen atoms in total. The van der Waals surface area contributed by atoms with Crippen LogP contribution in [0.2, 0.25) is 0 Å². The van der Waals surface area contributed by atoms with Crippen molar-refractivity contribution >= 4 is 53.6 Å². The summed E-state index contributed by atoms with van der Waals surface area (Å²) in [5.74, 6) is -4.94. The summed E-state index contributed by atoms with van der Waals surface area (Å²) in [6.45, 7) is 9.04. The van der Waals surface area contributed by atoms with Crippen LogP contribution in [0.15, 0.2) is 60.7 Å². The Balaban J connectivity index is 1.45. The Labute approximate surface area is 303 Å². The molecule has 52 heavy (non-hydrogen) atoms. The average molecular weight is 731 g/mol. The number of benzene rings is 3. The minimum Gasteiger partial charge on any atom is -0.343 e. The van der Waals surface area contributed by atoms with Crippen LogP contribution in [-0.2, 0) is 14.2 Å². The zero-order valence-corrected chi connectivity index (χ0v) is 31.4. The van der Waals surface area contributed by atoms with E-state index >= 15 is 0 Å². The monoisotopic (exact) mass is 730 g/mol. The van der Waals surface area contributed by atoms with Crippen molar-refractivity contribution in [1.29, 1.82) is 0 Å². The summed E-state index contributed by atoms with van der Waals surface area (Å²) in [6, 6.07) is 15.5. The predicted octanol–water partition coefficient (Wildman–Crippen LogP) is 5.52. The van der Waals surface area contributed by atoms with Gasteiger partial charge in [0.15, 0.2) is 0 Å². The van der Waals surface area contributed by atoms with E-state index in [9.17, 15) is 38.2 Å². The third-order valence-electron chi connectivity index (χ3n) is 10.1. The molecule has 276 valence electrons. The fraction of sp³-hybridized carbons (Fsp3) is 0.436. The van der Waals surface area contributed by atoms with Crippen molar-refractivity contribution in [2.75, 3.05) is 19.9 Å². The number of hydrogen-bond donors (Lipinski definition) is 2. The second-order valence-electron chi connectivity index (χ2n) is 15.3. The van der Waals surface area contributed by atoms with Crippen molar-refractivity contribution in [1.82, 2.24) is 14.7 Å². The van der Waals surface area contributed by atoms with Gasteiger partial charge in [-0.25, -0.2) is 0 Å². The molecule has 0 saturated heterocycles. The summed E-state index contributed by atoms with van der Waals surface area (Å²) in [7, 11) is -3.31. The van der Waals surface area contributed by atoms with Crippen molar-refractivity contribution in [3.8, 4) is 0 Å². The number of imide groups is 3. The van der Waals surface area contributed by atoms with E-state index in [1.165, 1.54) is 7.05 Å². The molecule has 0 spiro atoms. The molecule has 0 bridgehead atoms. The molecule has 2 aliphatic heterocycles. The SMILES string of the molecule is CC(C)CC(C(=O)N(C)C(=O)[C@@H](N)C(C)(C)C)C(CCCCN1C(=O)c2ccccc2C1=O)P(=O)(O)CN1C(=O)c2cccc3cccc(c23)C1=O. The van der Waals surface area contributed by atoms with Crippen LogP contribution in [0.25, 0.3) is 10.8 Å². The molecule has 5 rings (SSSR count). The Morgan fingerprint density at radius 3 is 1.79 bits per heavy atom. The van der Waals surface area contributed by atoms with Crippen LogP contribution in [0.1, 0.15) is 102 Å². The number of hydrogen-bond acceptors (Lipinski definition) is 8. The number of fused-ring (bicyclic) bond motifs is 1. The fourth-order valence-electron chi connectivity index (χ4n) is 7.13. The zero-order chi connectivity index (χ0) is 38.3. The van der Waals surface area contributed by atoms with Crippen LogP contribution < -0.4 is 5.73 Å². The van der Waals surface area contributed by atoms with Crippen molar-refractivity contribution < 1.29 is 38.2 Å². The number of nitrogens with two attached hydrogens (primary N) is 1. The van der Waals surface area contributed by atoms with Gasteiger partial charge in [-0.05, 0) is 60.2 Å². The quantitative estimate of drug-likeness (QED) is 0.130. The third kappa shape index (κ3) is 7.38. The van der Waals surface area contributed by atoms with Gasteiger partial charge in [-0.1, -0.05) is 77.4 Å². The molecule has 0 aliphatic carbocycles. The molecule has 0 radical (unpaired) electrons. The largest absolute Gasteiger partial charge is 0.343 e. The maximum absolute atomic E-state index is 14.8. The molecule has 2 aliphatic rings. The van der Waals surface area contributed by atoms with Gasteiger partial charge in [0.2, 0.25) is 19.2 Å². The van der Waals surface area contributed by atoms with Crippen molar-refractivity contribution in [3.63, 3.8) is 0 Å². The van der Waals surface area contributed by atoms with E-state index in [0.717, 1.165) is 14.7 Å². The second-order valence-corrected chi connectivity index (χ2v) is 17.8. The highest BCUT2D eigenvalue weighted by Crippen LogP contribution is 2.54. The number of rotatable bonds is 13. The van der Waals surface area contributed by atoms with E-state index in [1.807, 2.05) is 13.8 Å². The van der Waals surface area contributed by atoms with Gasteiger partial charge in [0.25, 0.3) is 23.6 Å². The molecule has 0 saturated carbocycles. The number of nitrogens with zero attached hydrogens (tertiary/aromatic N) is 3. The fourth-order valence-corrected chi connectivity index (χ4v) is 9.40. The molecular formula is C39H47N4O8P. The van der Waals surface area contributed by atoms with Crippen LogP contribution in [0, 0.1) is 17.3 Å². The predicted molar refractivity (Wildman–Crippen MR) is 197 cm³/mol. The molecule has 3 unspecified atom stereocenters. The Morgan fingerprint density at radius 1 is 0.788 bits per heavy atom. The number of likely N-dealkylation sites (N-methyl/N-ethyl adjacent to an activating group) is 1. The van der Waals surface area contributed by atoms with Gasteiger partial charge in [-0.15, -0.1) is 0 Å². The first-order valence-electron chi connectivity index (χ1n) is 17.6. The Hall–Kier alpha value is -4.51. The maximum atomic E-state index is 14.8. The molecule has 0 fully saturated rings. The lowest BCUT2D eigenvalue weighted by Gasteiger charge is -2.37. The molecule has 0 aromatic heterocycles. The molecule has 4 atom stereocenters. The molecule has 3 aromatic carbocycles. The topological polar surface area (TPSA) is 175 Å². The van der Waals surface area contributed by atoms with E-state index in [-0.39, 0.29) is 49.3 Å². The third-order valence-corrected chi connectivity index (χ3v) is 12.4. The van der Waals surface area contributed by atoms with Crippen molar-refractivity contribution in [3.05, 3.63) is 82.9 Å². The van der Waals surface area contributed by atoms with Crippen molar-refractivity contribution in [2.45, 2.75) is 72.0 Å². The Bertz CT molecular complexity index is 1920. The number of carbonyl (C=O) groups excluding carboxylic acids is 6. The average Bonchev–Trinajstić information content (AvgIpc) is 3.34. The molecule has 6 amide bonds. The highest BCUT2D eigenvalue weighted by molar-refractivity contribution is 7.58. The first-order valence-corrected chi connectivity index (χ1v) is 19.5. The summed E-state index contributed by atoms with van der Waals surface area (Å²) in [4.78, 5) is 96.1. The summed E-state index contributed by atoms with van der Waals surface area (Å²) in [5.41, 5.74) is 5.34. The van der Waals surface area contributed by atoms with Gasteiger partial charge in [0.1, 0.15) is 6.29 Å². The highest BCUT2D eigenvalue weighted by atomic mass is 31.2. The lowest BCUT2D eigenvalue weighted by atomic mass is 9.85. The van der Waals surface area contributed by atoms with Crippen LogP contribution in [0.5, 0.6) is 0 Å². The molecular weight excluding hydrogens is 683 g/mol. The first-order chi connectivity index (χ1) is 24.4. The van der Waals surface area contributed by atoms with E-state index in [0.29, 0.717) is 21.9 Å². The normalized spacial score (nSPS) is 17.3. The molecule has 3 N–H and O–H groups in total. The van der Waals surface area contributed by atoms with E-state index in [2.05, 4.69) is 0 Å². The lowest BCUT2D eigenvalue weighted by molar-refractivity contribution is -0.148. The Kier molecular flexibility index (Phi) is 11.1. The summed E-state index contributed by atoms with van der Waals surface area (Å²) >= 11 is 0. The van der Waals surface area contributed by atoms with Gasteiger partial charge in [0.05, 0.1) is 23.1 Å². The number of carbonyl (C=O) groups is 6. The van der Waals surface area contributed by atoms with Crippen LogP contribution in [0.3, 0.4) is 0 Å². The van der Waals surface area contributed by atoms with E-state index in [1.54, 1.807) is 81.4 Å². The minimum absolute atomic E-state index is 0.0319. The zero-order valence-electron chi connectivity index (χ0n) is 30.5. The Morgan fingerprint density at radius 2 is 1.29 bits per heavy atom. The highest BCUT2D eigenvalue weighted by Gasteiger charge is 2.47. The maximum Gasteiger partial charge on any atom is 0.261 e. The van der Waals surface area contributed by atoms with Gasteiger partial charge in [-0.3, -0.25) is 48.0 Å². The second kappa shape index (κ2) is 14.8. The summed E-state index contributed by atoms with van der Waals surface area (Å²) in [5, 5.41) is 1.15. The van der Waals surface area contributed by atoms with Gasteiger partial charge in [0, 0.05) is 35.8 Å². The van der Waals surface area contributed by atoms with E-state index in [4.69, 9.17) is 5.73 Å². The summed E-state index contributed by atoms with van der Waals surface area (Å²) < 4.78 is 14.8. The molecule has 2 heterocycles. The van der Waals surface area contributed by atoms with Crippen molar-refractivity contribution in [2.24, 2.45) is 23.0 Å². The van der Waals surface area contributed by atoms with Gasteiger partial charge >= 0.3 is 0 Å². The smallest absolute Gasteiger partial charge is 0.261 e. The molecule has 3 aromatic rings.